The van der Waals surface area contributed by atoms with Crippen molar-refractivity contribution in [2.75, 3.05) is 0 Å². The molecular weight excluding hydrogens is 276 g/mol. The van der Waals surface area contributed by atoms with Crippen LogP contribution in [0.25, 0.3) is 0 Å². The second-order valence-electron chi connectivity index (χ2n) is 7.54. The fourth-order valence-corrected chi connectivity index (χ4v) is 3.83. The van der Waals surface area contributed by atoms with Crippen molar-refractivity contribution in [1.29, 1.82) is 0 Å². The molecule has 2 atom stereocenters. The van der Waals surface area contributed by atoms with Gasteiger partial charge >= 0.3 is 0 Å². The van der Waals surface area contributed by atoms with Crippen molar-refractivity contribution < 1.29 is 0 Å². The molecule has 0 aliphatic heterocycles. The van der Waals surface area contributed by atoms with Gasteiger partial charge in [-0.2, -0.15) is 0 Å². The molecule has 1 rings (SSSR count). The third-order valence-electron chi connectivity index (χ3n) is 5.41. The van der Waals surface area contributed by atoms with Gasteiger partial charge in [-0.3, -0.25) is 0 Å². The van der Waals surface area contributed by atoms with Gasteiger partial charge in [-0.25, -0.2) is 0 Å². The molecule has 0 heterocycles. The van der Waals surface area contributed by atoms with Crippen molar-refractivity contribution in [2.24, 2.45) is 11.8 Å². The molecule has 0 spiro atoms. The van der Waals surface area contributed by atoms with Gasteiger partial charge < -0.3 is 0 Å². The first-order valence-electron chi connectivity index (χ1n) is 10.7. The normalized spacial score (nSPS) is 21.8. The van der Waals surface area contributed by atoms with E-state index < -0.39 is 0 Å². The van der Waals surface area contributed by atoms with Gasteiger partial charge in [0.25, 0.3) is 0 Å². The van der Waals surface area contributed by atoms with Crippen molar-refractivity contribution in [1.82, 2.24) is 0 Å². The Kier molecular flexibility index (Phi) is 13.4. The van der Waals surface area contributed by atoms with Crippen molar-refractivity contribution >= 4 is 0 Å². The molecule has 0 amide bonds. The Morgan fingerprint density at radius 1 is 0.696 bits per heavy atom. The van der Waals surface area contributed by atoms with Crippen LogP contribution in [-0.2, 0) is 0 Å². The molecule has 0 radical (unpaired) electrons. The van der Waals surface area contributed by atoms with Crippen LogP contribution in [0.4, 0.5) is 0 Å². The molecular formula is C23H42. The van der Waals surface area contributed by atoms with Crippen molar-refractivity contribution in [2.45, 2.75) is 110 Å². The van der Waals surface area contributed by atoms with E-state index in [0.29, 0.717) is 0 Å². The van der Waals surface area contributed by atoms with Crippen LogP contribution in [0.15, 0.2) is 24.3 Å². The molecule has 0 aromatic heterocycles. The topological polar surface area (TPSA) is 0 Å². The lowest BCUT2D eigenvalue weighted by Crippen LogP contribution is -2.03. The number of allylic oxidation sites excluding steroid dienone is 4. The third-order valence-corrected chi connectivity index (χ3v) is 5.41. The average Bonchev–Trinajstić information content (AvgIpc) is 3.01. The molecule has 0 unspecified atom stereocenters. The van der Waals surface area contributed by atoms with Gasteiger partial charge in [0.15, 0.2) is 0 Å². The molecule has 0 nitrogen and oxygen atoms in total. The van der Waals surface area contributed by atoms with E-state index in [9.17, 15) is 0 Å². The summed E-state index contributed by atoms with van der Waals surface area (Å²) in [5, 5.41) is 0. The first-order chi connectivity index (χ1) is 11.4. The van der Waals surface area contributed by atoms with Crippen LogP contribution in [0.2, 0.25) is 0 Å². The summed E-state index contributed by atoms with van der Waals surface area (Å²) in [4.78, 5) is 0. The quantitative estimate of drug-likeness (QED) is 0.223. The van der Waals surface area contributed by atoms with Crippen LogP contribution in [0, 0.1) is 11.8 Å². The van der Waals surface area contributed by atoms with E-state index >= 15 is 0 Å². The minimum absolute atomic E-state index is 0.871. The predicted molar refractivity (Wildman–Crippen MR) is 106 cm³/mol. The lowest BCUT2D eigenvalue weighted by Gasteiger charge is -2.14. The van der Waals surface area contributed by atoms with Gasteiger partial charge in [-0.15, -0.1) is 0 Å². The summed E-state index contributed by atoms with van der Waals surface area (Å²) in [6.07, 6.45) is 30.8. The van der Waals surface area contributed by atoms with Crippen molar-refractivity contribution in [3.05, 3.63) is 24.3 Å². The Hall–Kier alpha value is -0.520. The fraction of sp³-hybridized carbons (Fsp3) is 0.826. The summed E-state index contributed by atoms with van der Waals surface area (Å²) in [6.45, 7) is 4.57. The minimum Gasteiger partial charge on any atom is -0.0885 e. The first-order valence-corrected chi connectivity index (χ1v) is 10.7. The van der Waals surface area contributed by atoms with Crippen molar-refractivity contribution in [3.63, 3.8) is 0 Å². The highest BCUT2D eigenvalue weighted by Crippen LogP contribution is 2.35. The Balaban J connectivity index is 2.08. The van der Waals surface area contributed by atoms with Crippen LogP contribution in [0.5, 0.6) is 0 Å². The fourth-order valence-electron chi connectivity index (χ4n) is 3.83. The maximum Gasteiger partial charge on any atom is -0.0202 e. The van der Waals surface area contributed by atoms with Crippen LogP contribution in [-0.4, -0.2) is 0 Å². The highest BCUT2D eigenvalue weighted by Gasteiger charge is 2.23. The molecule has 1 aliphatic rings. The van der Waals surface area contributed by atoms with Crippen LogP contribution in [0.3, 0.4) is 0 Å². The predicted octanol–water partition coefficient (Wildman–Crippen LogP) is 8.24. The van der Waals surface area contributed by atoms with E-state index in [4.69, 9.17) is 0 Å². The lowest BCUT2D eigenvalue weighted by molar-refractivity contribution is 0.462. The standard InChI is InChI=1S/C23H42/c1-3-5-7-9-11-12-14-16-19-23-21-17-20-22(23)18-15-13-10-8-6-4-2/h13,15-16,19,22-23H,3-12,14,17-18,20-21H2,1-2H3/b15-13-,19-16+/t22-,23-/m0/s1. The summed E-state index contributed by atoms with van der Waals surface area (Å²) in [7, 11) is 0. The van der Waals surface area contributed by atoms with E-state index in [1.54, 1.807) is 0 Å². The zero-order valence-electron chi connectivity index (χ0n) is 16.1. The number of hydrogen-bond acceptors (Lipinski definition) is 0. The molecule has 1 saturated carbocycles. The van der Waals surface area contributed by atoms with Gasteiger partial charge in [0, 0.05) is 0 Å². The highest BCUT2D eigenvalue weighted by atomic mass is 14.3. The molecule has 0 N–H and O–H groups in total. The molecule has 0 saturated heterocycles. The molecule has 0 bridgehead atoms. The zero-order chi connectivity index (χ0) is 16.6. The summed E-state index contributed by atoms with van der Waals surface area (Å²) in [5.74, 6) is 1.80. The number of hydrogen-bond donors (Lipinski definition) is 0. The van der Waals surface area contributed by atoms with E-state index in [1.807, 2.05) is 0 Å². The largest absolute Gasteiger partial charge is 0.0885 e. The molecule has 23 heavy (non-hydrogen) atoms. The number of rotatable bonds is 14. The van der Waals surface area contributed by atoms with Gasteiger partial charge in [-0.1, -0.05) is 89.5 Å². The maximum absolute atomic E-state index is 2.56. The van der Waals surface area contributed by atoms with E-state index in [0.717, 1.165) is 11.8 Å². The summed E-state index contributed by atoms with van der Waals surface area (Å²) in [5.41, 5.74) is 0. The van der Waals surface area contributed by atoms with Gasteiger partial charge in [-0.05, 0) is 56.8 Å². The number of unbranched alkanes of at least 4 members (excludes halogenated alkanes) is 9. The Morgan fingerprint density at radius 2 is 1.35 bits per heavy atom. The van der Waals surface area contributed by atoms with Crippen LogP contribution >= 0.6 is 0 Å². The maximum atomic E-state index is 2.56. The highest BCUT2D eigenvalue weighted by molar-refractivity contribution is 4.97. The molecule has 1 fully saturated rings. The van der Waals surface area contributed by atoms with Crippen LogP contribution in [0.1, 0.15) is 110 Å². The van der Waals surface area contributed by atoms with E-state index in [-0.39, 0.29) is 0 Å². The van der Waals surface area contributed by atoms with E-state index in [1.165, 1.54) is 96.3 Å². The Morgan fingerprint density at radius 3 is 2.17 bits per heavy atom. The average molecular weight is 319 g/mol. The Bertz CT molecular complexity index is 299. The van der Waals surface area contributed by atoms with Crippen LogP contribution < -0.4 is 0 Å². The summed E-state index contributed by atoms with van der Waals surface area (Å²) >= 11 is 0. The molecule has 0 aromatic rings. The minimum atomic E-state index is 0.871. The smallest absolute Gasteiger partial charge is 0.0202 e. The lowest BCUT2D eigenvalue weighted by atomic mass is 9.92. The van der Waals surface area contributed by atoms with Gasteiger partial charge in [0.05, 0.1) is 0 Å². The van der Waals surface area contributed by atoms with E-state index in [2.05, 4.69) is 38.2 Å². The third kappa shape index (κ3) is 10.8. The Labute approximate surface area is 146 Å². The second kappa shape index (κ2) is 15.0. The van der Waals surface area contributed by atoms with Gasteiger partial charge in [0.2, 0.25) is 0 Å². The summed E-state index contributed by atoms with van der Waals surface area (Å²) < 4.78 is 0. The SMILES string of the molecule is CCCCC/C=C\C[C@H]1CCC[C@@H]1/C=C/CCCCCCCC. The molecule has 0 heteroatoms. The summed E-state index contributed by atoms with van der Waals surface area (Å²) in [6, 6.07) is 0. The van der Waals surface area contributed by atoms with Gasteiger partial charge in [0.1, 0.15) is 0 Å². The first kappa shape index (κ1) is 20.5. The second-order valence-corrected chi connectivity index (χ2v) is 7.54. The molecule has 1 aliphatic carbocycles. The van der Waals surface area contributed by atoms with Crippen molar-refractivity contribution in [3.8, 4) is 0 Å². The molecule has 134 valence electrons. The molecule has 0 aromatic carbocycles. The monoisotopic (exact) mass is 318 g/mol. The zero-order valence-corrected chi connectivity index (χ0v) is 16.1.